The van der Waals surface area contributed by atoms with Crippen LogP contribution in [0.2, 0.25) is 0 Å². The van der Waals surface area contributed by atoms with E-state index in [1.807, 2.05) is 0 Å². The monoisotopic (exact) mass is 345 g/mol. The minimum absolute atomic E-state index is 0.0181. The summed E-state index contributed by atoms with van der Waals surface area (Å²) in [7, 11) is -3.46. The molecule has 2 aliphatic rings. The lowest BCUT2D eigenvalue weighted by Crippen LogP contribution is -2.37. The molecular formula is C12H16BrN3O2S. The lowest BCUT2D eigenvalue weighted by atomic mass is 10.3. The van der Waals surface area contributed by atoms with Crippen LogP contribution in [0.5, 0.6) is 0 Å². The molecule has 1 aliphatic carbocycles. The van der Waals surface area contributed by atoms with Gasteiger partial charge in [0.05, 0.1) is 0 Å². The Balaban J connectivity index is 1.68. The minimum atomic E-state index is -3.46. The molecule has 1 aromatic rings. The zero-order chi connectivity index (χ0) is 13.5. The van der Waals surface area contributed by atoms with Gasteiger partial charge in [0.25, 0.3) is 0 Å². The predicted molar refractivity (Wildman–Crippen MR) is 75.3 cm³/mol. The van der Waals surface area contributed by atoms with E-state index in [0.29, 0.717) is 10.5 Å². The minimum Gasteiger partial charge on any atom is -0.299 e. The van der Waals surface area contributed by atoms with Crippen molar-refractivity contribution in [1.82, 2.24) is 14.6 Å². The fraction of sp³-hybridized carbons (Fsp3) is 0.583. The Morgan fingerprint density at radius 3 is 2.79 bits per heavy atom. The van der Waals surface area contributed by atoms with Crippen LogP contribution in [0.15, 0.2) is 27.8 Å². The lowest BCUT2D eigenvalue weighted by molar-refractivity contribution is 0.322. The summed E-state index contributed by atoms with van der Waals surface area (Å²) < 4.78 is 27.9. The van der Waals surface area contributed by atoms with Gasteiger partial charge in [0.15, 0.2) is 0 Å². The van der Waals surface area contributed by atoms with Crippen molar-refractivity contribution in [3.05, 3.63) is 22.9 Å². The summed E-state index contributed by atoms with van der Waals surface area (Å²) in [6.45, 7) is 1.82. The van der Waals surface area contributed by atoms with Crippen molar-refractivity contribution in [1.29, 1.82) is 0 Å². The van der Waals surface area contributed by atoms with Crippen LogP contribution in [0.1, 0.15) is 19.3 Å². The van der Waals surface area contributed by atoms with Gasteiger partial charge < -0.3 is 0 Å². The highest BCUT2D eigenvalue weighted by molar-refractivity contribution is 9.10. The molecule has 1 unspecified atom stereocenters. The highest BCUT2D eigenvalue weighted by Gasteiger charge is 2.35. The molecule has 19 heavy (non-hydrogen) atoms. The number of sulfonamides is 1. The van der Waals surface area contributed by atoms with Gasteiger partial charge in [-0.25, -0.2) is 13.1 Å². The number of hydrogen-bond donors (Lipinski definition) is 1. The number of likely N-dealkylation sites (tertiary alicyclic amines) is 1. The number of rotatable bonds is 4. The average molecular weight is 346 g/mol. The molecule has 0 amide bonds. The molecule has 1 atom stereocenters. The molecule has 7 heteroatoms. The van der Waals surface area contributed by atoms with E-state index in [1.54, 1.807) is 12.3 Å². The first-order valence-electron chi connectivity index (χ1n) is 6.41. The summed E-state index contributed by atoms with van der Waals surface area (Å²) in [5.41, 5.74) is 0. The third-order valence-electron chi connectivity index (χ3n) is 3.59. The number of pyridine rings is 1. The standard InChI is InChI=1S/C12H16BrN3O2S/c13-9-5-12(7-14-6-9)19(17,18)15-10-3-4-16(8-10)11-1-2-11/h5-7,10-11,15H,1-4,8H2. The first kappa shape index (κ1) is 13.5. The van der Waals surface area contributed by atoms with Crippen LogP contribution in [0.3, 0.4) is 0 Å². The fourth-order valence-corrected chi connectivity index (χ4v) is 4.25. The molecule has 0 bridgehead atoms. The molecule has 0 aromatic carbocycles. The second-order valence-electron chi connectivity index (χ2n) is 5.17. The third kappa shape index (κ3) is 3.16. The summed E-state index contributed by atoms with van der Waals surface area (Å²) in [5, 5.41) is 0. The summed E-state index contributed by atoms with van der Waals surface area (Å²) in [6, 6.07) is 2.29. The molecule has 3 rings (SSSR count). The van der Waals surface area contributed by atoms with Gasteiger partial charge in [-0.1, -0.05) is 0 Å². The molecule has 1 aliphatic heterocycles. The van der Waals surface area contributed by atoms with Crippen molar-refractivity contribution >= 4 is 26.0 Å². The second-order valence-corrected chi connectivity index (χ2v) is 7.80. The van der Waals surface area contributed by atoms with Gasteiger partial charge >= 0.3 is 0 Å². The Kier molecular flexibility index (Phi) is 3.63. The smallest absolute Gasteiger partial charge is 0.242 e. The molecule has 0 radical (unpaired) electrons. The van der Waals surface area contributed by atoms with Crippen molar-refractivity contribution in [2.45, 2.75) is 36.2 Å². The maximum atomic E-state index is 12.2. The van der Waals surface area contributed by atoms with Gasteiger partial charge in [-0.15, -0.1) is 0 Å². The molecule has 104 valence electrons. The van der Waals surface area contributed by atoms with Crippen molar-refractivity contribution < 1.29 is 8.42 Å². The predicted octanol–water partition coefficient (Wildman–Crippen LogP) is 1.36. The van der Waals surface area contributed by atoms with E-state index in [9.17, 15) is 8.42 Å². The molecule has 2 fully saturated rings. The van der Waals surface area contributed by atoms with Crippen molar-refractivity contribution in [2.75, 3.05) is 13.1 Å². The number of nitrogens with zero attached hydrogens (tertiary/aromatic N) is 2. The van der Waals surface area contributed by atoms with Gasteiger partial charge in [0, 0.05) is 42.0 Å². The van der Waals surface area contributed by atoms with Crippen LogP contribution in [0, 0.1) is 0 Å². The Morgan fingerprint density at radius 2 is 2.11 bits per heavy atom. The quantitative estimate of drug-likeness (QED) is 0.894. The van der Waals surface area contributed by atoms with E-state index in [-0.39, 0.29) is 10.9 Å². The highest BCUT2D eigenvalue weighted by atomic mass is 79.9. The Bertz CT molecular complexity index is 574. The van der Waals surface area contributed by atoms with E-state index in [0.717, 1.165) is 19.5 Å². The van der Waals surface area contributed by atoms with E-state index >= 15 is 0 Å². The topological polar surface area (TPSA) is 62.3 Å². The van der Waals surface area contributed by atoms with Crippen LogP contribution in [-0.4, -0.2) is 43.5 Å². The first-order valence-corrected chi connectivity index (χ1v) is 8.69. The summed E-state index contributed by atoms with van der Waals surface area (Å²) in [4.78, 5) is 6.50. The SMILES string of the molecule is O=S(=O)(NC1CCN(C2CC2)C1)c1cncc(Br)c1. The third-order valence-corrected chi connectivity index (χ3v) is 5.52. The number of nitrogens with one attached hydrogen (secondary N) is 1. The second kappa shape index (κ2) is 5.12. The molecule has 2 heterocycles. The van der Waals surface area contributed by atoms with Crippen molar-refractivity contribution in [2.24, 2.45) is 0 Å². The normalized spacial score (nSPS) is 24.8. The van der Waals surface area contributed by atoms with Crippen LogP contribution in [0.4, 0.5) is 0 Å². The van der Waals surface area contributed by atoms with E-state index < -0.39 is 10.0 Å². The molecule has 1 saturated carbocycles. The lowest BCUT2D eigenvalue weighted by Gasteiger charge is -2.15. The van der Waals surface area contributed by atoms with Crippen LogP contribution < -0.4 is 4.72 Å². The van der Waals surface area contributed by atoms with Crippen molar-refractivity contribution in [3.8, 4) is 0 Å². The molecular weight excluding hydrogens is 330 g/mol. The Hall–Kier alpha value is -0.500. The number of aromatic nitrogens is 1. The zero-order valence-electron chi connectivity index (χ0n) is 10.4. The Labute approximate surface area is 121 Å². The maximum Gasteiger partial charge on any atom is 0.242 e. The fourth-order valence-electron chi connectivity index (χ4n) is 2.48. The zero-order valence-corrected chi connectivity index (χ0v) is 12.8. The first-order chi connectivity index (χ1) is 9.04. The highest BCUT2D eigenvalue weighted by Crippen LogP contribution is 2.30. The van der Waals surface area contributed by atoms with E-state index in [2.05, 4.69) is 30.5 Å². The van der Waals surface area contributed by atoms with Gasteiger partial charge in [-0.2, -0.15) is 0 Å². The number of halogens is 1. The number of hydrogen-bond acceptors (Lipinski definition) is 4. The van der Waals surface area contributed by atoms with Crippen LogP contribution in [0.25, 0.3) is 0 Å². The van der Waals surface area contributed by atoms with E-state index in [1.165, 1.54) is 19.0 Å². The maximum absolute atomic E-state index is 12.2. The molecule has 1 N–H and O–H groups in total. The molecule has 0 spiro atoms. The molecule has 5 nitrogen and oxygen atoms in total. The van der Waals surface area contributed by atoms with Crippen molar-refractivity contribution in [3.63, 3.8) is 0 Å². The van der Waals surface area contributed by atoms with Gasteiger partial charge in [-0.05, 0) is 41.3 Å². The summed E-state index contributed by atoms with van der Waals surface area (Å²) in [6.07, 6.45) is 6.35. The summed E-state index contributed by atoms with van der Waals surface area (Å²) in [5.74, 6) is 0. The average Bonchev–Trinajstić information content (AvgIpc) is 3.11. The largest absolute Gasteiger partial charge is 0.299 e. The van der Waals surface area contributed by atoms with E-state index in [4.69, 9.17) is 0 Å². The van der Waals surface area contributed by atoms with Gasteiger partial charge in [0.2, 0.25) is 10.0 Å². The van der Waals surface area contributed by atoms with Gasteiger partial charge in [0.1, 0.15) is 4.90 Å². The van der Waals surface area contributed by atoms with Crippen LogP contribution in [-0.2, 0) is 10.0 Å². The summed E-state index contributed by atoms with van der Waals surface area (Å²) >= 11 is 3.24. The molecule has 1 saturated heterocycles. The van der Waals surface area contributed by atoms with Gasteiger partial charge in [-0.3, -0.25) is 9.88 Å². The molecule has 1 aromatic heterocycles. The Morgan fingerprint density at radius 1 is 1.32 bits per heavy atom. The van der Waals surface area contributed by atoms with Crippen LogP contribution >= 0.6 is 15.9 Å².